The zero-order valence-electron chi connectivity index (χ0n) is 13.9. The van der Waals surface area contributed by atoms with E-state index >= 15 is 0 Å². The van der Waals surface area contributed by atoms with Gasteiger partial charge in [0.25, 0.3) is 0 Å². The normalized spacial score (nSPS) is 10.6. The fourth-order valence-electron chi connectivity index (χ4n) is 2.45. The number of hydrogen-bond donors (Lipinski definition) is 1. The van der Waals surface area contributed by atoms with E-state index in [1.54, 1.807) is 4.90 Å². The maximum Gasteiger partial charge on any atom is 0.305 e. The number of carbonyl (C=O) groups is 2. The second-order valence-corrected chi connectivity index (χ2v) is 5.83. The fraction of sp³-hybridized carbons (Fsp3) is 0.882. The molecular formula is C17H33NO3. The average Bonchev–Trinajstić information content (AvgIpc) is 2.43. The third-order valence-corrected chi connectivity index (χ3v) is 3.82. The van der Waals surface area contributed by atoms with Crippen LogP contribution in [0.15, 0.2) is 0 Å². The van der Waals surface area contributed by atoms with Gasteiger partial charge >= 0.3 is 5.97 Å². The lowest BCUT2D eigenvalue weighted by molar-refractivity contribution is -0.138. The van der Waals surface area contributed by atoms with Gasteiger partial charge in [-0.05, 0) is 6.42 Å². The minimum absolute atomic E-state index is 0.0211. The van der Waals surface area contributed by atoms with Crippen molar-refractivity contribution in [3.63, 3.8) is 0 Å². The van der Waals surface area contributed by atoms with Gasteiger partial charge in [-0.3, -0.25) is 9.59 Å². The summed E-state index contributed by atoms with van der Waals surface area (Å²) in [7, 11) is 0. The zero-order chi connectivity index (χ0) is 15.9. The molecule has 0 aliphatic rings. The standard InChI is InChI=1S/C17H33NO3/c1-3-4-5-6-7-8-9-10-11-12-14-18(16(2)19)15-13-17(20)21/h3-15H2,1-2H3,(H,20,21). The summed E-state index contributed by atoms with van der Waals surface area (Å²) in [4.78, 5) is 23.6. The third-order valence-electron chi connectivity index (χ3n) is 3.82. The highest BCUT2D eigenvalue weighted by Crippen LogP contribution is 2.11. The van der Waals surface area contributed by atoms with E-state index < -0.39 is 5.97 Å². The van der Waals surface area contributed by atoms with Gasteiger partial charge in [-0.25, -0.2) is 0 Å². The van der Waals surface area contributed by atoms with Crippen molar-refractivity contribution in [2.75, 3.05) is 13.1 Å². The Morgan fingerprint density at radius 3 is 1.71 bits per heavy atom. The van der Waals surface area contributed by atoms with Crippen LogP contribution in [0.1, 0.15) is 84.5 Å². The second kappa shape index (κ2) is 13.9. The Bertz CT molecular complexity index is 279. The van der Waals surface area contributed by atoms with Crippen molar-refractivity contribution in [2.24, 2.45) is 0 Å². The lowest BCUT2D eigenvalue weighted by Gasteiger charge is -2.19. The first-order valence-corrected chi connectivity index (χ1v) is 8.55. The number of aliphatic carboxylic acids is 1. The molecule has 4 heteroatoms. The highest BCUT2D eigenvalue weighted by Gasteiger charge is 2.09. The molecule has 0 aromatic rings. The highest BCUT2D eigenvalue weighted by atomic mass is 16.4. The lowest BCUT2D eigenvalue weighted by atomic mass is 10.1. The van der Waals surface area contributed by atoms with Crippen LogP contribution >= 0.6 is 0 Å². The van der Waals surface area contributed by atoms with E-state index in [1.165, 1.54) is 58.3 Å². The molecule has 1 N–H and O–H groups in total. The third kappa shape index (κ3) is 13.7. The van der Waals surface area contributed by atoms with E-state index in [-0.39, 0.29) is 12.3 Å². The van der Waals surface area contributed by atoms with Crippen molar-refractivity contribution in [1.82, 2.24) is 4.90 Å². The van der Waals surface area contributed by atoms with Crippen molar-refractivity contribution in [2.45, 2.75) is 84.5 Å². The topological polar surface area (TPSA) is 57.6 Å². The first kappa shape index (κ1) is 19.9. The number of carboxylic acid groups (broad SMARTS) is 1. The van der Waals surface area contributed by atoms with Crippen LogP contribution < -0.4 is 0 Å². The summed E-state index contributed by atoms with van der Waals surface area (Å²) in [6, 6.07) is 0. The summed E-state index contributed by atoms with van der Waals surface area (Å²) in [6.45, 7) is 4.78. The molecule has 0 rings (SSSR count). The van der Waals surface area contributed by atoms with E-state index in [1.807, 2.05) is 0 Å². The van der Waals surface area contributed by atoms with E-state index in [9.17, 15) is 9.59 Å². The maximum atomic E-state index is 11.4. The van der Waals surface area contributed by atoms with E-state index in [4.69, 9.17) is 5.11 Å². The van der Waals surface area contributed by atoms with Crippen molar-refractivity contribution in [1.29, 1.82) is 0 Å². The van der Waals surface area contributed by atoms with Crippen molar-refractivity contribution in [3.8, 4) is 0 Å². The Kier molecular flexibility index (Phi) is 13.2. The van der Waals surface area contributed by atoms with Crippen LogP contribution in [-0.4, -0.2) is 35.0 Å². The molecule has 0 spiro atoms. The second-order valence-electron chi connectivity index (χ2n) is 5.83. The monoisotopic (exact) mass is 299 g/mol. The van der Waals surface area contributed by atoms with Crippen molar-refractivity contribution in [3.05, 3.63) is 0 Å². The number of rotatable bonds is 14. The predicted molar refractivity (Wildman–Crippen MR) is 86.4 cm³/mol. The molecule has 0 aliphatic heterocycles. The molecule has 0 aromatic carbocycles. The number of carboxylic acids is 1. The van der Waals surface area contributed by atoms with E-state index in [2.05, 4.69) is 6.92 Å². The number of carbonyl (C=O) groups excluding carboxylic acids is 1. The highest BCUT2D eigenvalue weighted by molar-refractivity contribution is 5.74. The van der Waals surface area contributed by atoms with Gasteiger partial charge in [0.05, 0.1) is 6.42 Å². The molecular weight excluding hydrogens is 266 g/mol. The Balaban J connectivity index is 3.45. The minimum Gasteiger partial charge on any atom is -0.481 e. The fourth-order valence-corrected chi connectivity index (χ4v) is 2.45. The summed E-state index contributed by atoms with van der Waals surface area (Å²) in [6.07, 6.45) is 12.7. The quantitative estimate of drug-likeness (QED) is 0.488. The van der Waals surface area contributed by atoms with Gasteiger partial charge in [0.1, 0.15) is 0 Å². The average molecular weight is 299 g/mol. The largest absolute Gasteiger partial charge is 0.481 e. The van der Waals surface area contributed by atoms with Gasteiger partial charge in [0.15, 0.2) is 0 Å². The number of hydrogen-bond acceptors (Lipinski definition) is 2. The Labute approximate surface area is 129 Å². The SMILES string of the molecule is CCCCCCCCCCCCN(CCC(=O)O)C(C)=O. The smallest absolute Gasteiger partial charge is 0.305 e. The molecule has 0 heterocycles. The molecule has 0 aromatic heterocycles. The molecule has 4 nitrogen and oxygen atoms in total. The molecule has 0 saturated carbocycles. The molecule has 0 radical (unpaired) electrons. The first-order valence-electron chi connectivity index (χ1n) is 8.55. The maximum absolute atomic E-state index is 11.4. The van der Waals surface area contributed by atoms with Crippen LogP contribution in [0.3, 0.4) is 0 Å². The molecule has 21 heavy (non-hydrogen) atoms. The molecule has 0 bridgehead atoms. The summed E-state index contributed by atoms with van der Waals surface area (Å²) in [5.74, 6) is -0.864. The zero-order valence-corrected chi connectivity index (χ0v) is 13.9. The van der Waals surface area contributed by atoms with Gasteiger partial charge in [-0.2, -0.15) is 0 Å². The van der Waals surface area contributed by atoms with E-state index in [0.29, 0.717) is 13.1 Å². The summed E-state index contributed by atoms with van der Waals surface area (Å²) in [5.41, 5.74) is 0. The molecule has 0 atom stereocenters. The van der Waals surface area contributed by atoms with Crippen LogP contribution in [0.5, 0.6) is 0 Å². The van der Waals surface area contributed by atoms with Crippen LogP contribution in [0, 0.1) is 0 Å². The van der Waals surface area contributed by atoms with Gasteiger partial charge in [-0.1, -0.05) is 64.7 Å². The predicted octanol–water partition coefficient (Wildman–Crippen LogP) is 4.23. The molecule has 124 valence electrons. The van der Waals surface area contributed by atoms with Crippen molar-refractivity contribution < 1.29 is 14.7 Å². The van der Waals surface area contributed by atoms with Crippen LogP contribution in [0.2, 0.25) is 0 Å². The molecule has 0 fully saturated rings. The lowest BCUT2D eigenvalue weighted by Crippen LogP contribution is -2.31. The van der Waals surface area contributed by atoms with Gasteiger partial charge < -0.3 is 10.0 Å². The molecule has 1 amide bonds. The summed E-state index contributed by atoms with van der Waals surface area (Å²) >= 11 is 0. The van der Waals surface area contributed by atoms with Gasteiger partial charge in [-0.15, -0.1) is 0 Å². The molecule has 0 aliphatic carbocycles. The van der Waals surface area contributed by atoms with Crippen molar-refractivity contribution >= 4 is 11.9 Å². The van der Waals surface area contributed by atoms with Gasteiger partial charge in [0.2, 0.25) is 5.91 Å². The van der Waals surface area contributed by atoms with E-state index in [0.717, 1.165) is 12.8 Å². The number of nitrogens with zero attached hydrogens (tertiary/aromatic N) is 1. The Hall–Kier alpha value is -1.06. The first-order chi connectivity index (χ1) is 10.1. The summed E-state index contributed by atoms with van der Waals surface area (Å²) in [5, 5.41) is 8.65. The Morgan fingerprint density at radius 1 is 0.810 bits per heavy atom. The molecule has 0 unspecified atom stereocenters. The Morgan fingerprint density at radius 2 is 1.29 bits per heavy atom. The van der Waals surface area contributed by atoms with Crippen LogP contribution in [0.4, 0.5) is 0 Å². The molecule has 0 saturated heterocycles. The van der Waals surface area contributed by atoms with Crippen LogP contribution in [-0.2, 0) is 9.59 Å². The number of unbranched alkanes of at least 4 members (excludes halogenated alkanes) is 9. The van der Waals surface area contributed by atoms with Crippen LogP contribution in [0.25, 0.3) is 0 Å². The number of amides is 1. The summed E-state index contributed by atoms with van der Waals surface area (Å²) < 4.78 is 0. The minimum atomic E-state index is -0.843. The van der Waals surface area contributed by atoms with Gasteiger partial charge in [0, 0.05) is 20.0 Å².